The highest BCUT2D eigenvalue weighted by Gasteiger charge is 2.15. The van der Waals surface area contributed by atoms with Crippen LogP contribution in [0.2, 0.25) is 0 Å². The Kier molecular flexibility index (Phi) is 2.84. The predicted molar refractivity (Wildman–Crippen MR) is 73.0 cm³/mol. The highest BCUT2D eigenvalue weighted by atomic mass is 32.2. The largest absolute Gasteiger partial charge is 0.609 e. The molecule has 0 saturated heterocycles. The Morgan fingerprint density at radius 1 is 1.32 bits per heavy atom. The molecule has 7 heteroatoms. The highest BCUT2D eigenvalue weighted by Crippen LogP contribution is 2.23. The molecule has 19 heavy (non-hydrogen) atoms. The van der Waals surface area contributed by atoms with E-state index in [2.05, 4.69) is 15.1 Å². The molecule has 0 amide bonds. The first kappa shape index (κ1) is 11.9. The number of nitrogens with two attached hydrogens (primary N) is 1. The molecule has 0 spiro atoms. The van der Waals surface area contributed by atoms with Gasteiger partial charge in [-0.15, -0.1) is 0 Å². The number of fused-ring (bicyclic) bond motifs is 1. The van der Waals surface area contributed by atoms with Gasteiger partial charge in [-0.25, -0.2) is 0 Å². The molecule has 0 fully saturated rings. The second-order valence-electron chi connectivity index (χ2n) is 4.03. The van der Waals surface area contributed by atoms with Gasteiger partial charge < -0.3 is 10.3 Å². The molecule has 0 radical (unpaired) electrons. The maximum Gasteiger partial charge on any atom is 0.361 e. The number of nitrogen functional groups attached to an aromatic ring is 1. The van der Waals surface area contributed by atoms with E-state index in [-0.39, 0.29) is 5.16 Å². The van der Waals surface area contributed by atoms with Crippen molar-refractivity contribution in [3.05, 3.63) is 36.7 Å². The van der Waals surface area contributed by atoms with Crippen LogP contribution in [-0.4, -0.2) is 30.4 Å². The van der Waals surface area contributed by atoms with Gasteiger partial charge in [0.1, 0.15) is 12.1 Å². The number of aromatic nitrogens is 4. The van der Waals surface area contributed by atoms with E-state index < -0.39 is 11.2 Å². The van der Waals surface area contributed by atoms with Crippen molar-refractivity contribution in [2.24, 2.45) is 0 Å². The van der Waals surface area contributed by atoms with Gasteiger partial charge in [0.25, 0.3) is 0 Å². The van der Waals surface area contributed by atoms with Crippen LogP contribution in [0.3, 0.4) is 0 Å². The van der Waals surface area contributed by atoms with Gasteiger partial charge in [0.2, 0.25) is 0 Å². The highest BCUT2D eigenvalue weighted by molar-refractivity contribution is 7.90. The van der Waals surface area contributed by atoms with Crippen molar-refractivity contribution in [3.8, 4) is 11.1 Å². The van der Waals surface area contributed by atoms with E-state index >= 15 is 0 Å². The van der Waals surface area contributed by atoms with E-state index in [0.29, 0.717) is 11.5 Å². The van der Waals surface area contributed by atoms with Gasteiger partial charge in [0.05, 0.1) is 0 Å². The standard InChI is InChI=1S/C12H11N5OS/c1-19(18)12-15-11-6-9(5-10(13)17(11)16-12)8-3-2-4-14-7-8/h2-7H,13H2,1H3. The Morgan fingerprint density at radius 2 is 2.16 bits per heavy atom. The summed E-state index contributed by atoms with van der Waals surface area (Å²) in [5, 5.41) is 4.38. The van der Waals surface area contributed by atoms with Crippen LogP contribution in [0.25, 0.3) is 16.8 Å². The first-order valence-electron chi connectivity index (χ1n) is 5.55. The van der Waals surface area contributed by atoms with Crippen molar-refractivity contribution >= 4 is 22.6 Å². The first-order valence-corrected chi connectivity index (χ1v) is 7.11. The van der Waals surface area contributed by atoms with Crippen molar-refractivity contribution in [1.29, 1.82) is 0 Å². The summed E-state index contributed by atoms with van der Waals surface area (Å²) in [4.78, 5) is 8.28. The molecule has 0 aromatic carbocycles. The molecule has 0 aliphatic carbocycles. The molecule has 3 aromatic rings. The summed E-state index contributed by atoms with van der Waals surface area (Å²) >= 11 is -1.23. The fourth-order valence-corrected chi connectivity index (χ4v) is 2.23. The van der Waals surface area contributed by atoms with Crippen molar-refractivity contribution in [2.45, 2.75) is 5.16 Å². The molecular weight excluding hydrogens is 262 g/mol. The average Bonchev–Trinajstić information content (AvgIpc) is 2.84. The van der Waals surface area contributed by atoms with Crippen molar-refractivity contribution < 1.29 is 4.55 Å². The van der Waals surface area contributed by atoms with Crippen LogP contribution in [0.1, 0.15) is 0 Å². The minimum absolute atomic E-state index is 0.273. The second-order valence-corrected chi connectivity index (χ2v) is 5.30. The molecule has 2 N–H and O–H groups in total. The number of anilines is 1. The van der Waals surface area contributed by atoms with Crippen LogP contribution >= 0.6 is 0 Å². The number of rotatable bonds is 2. The maximum absolute atomic E-state index is 11.4. The van der Waals surface area contributed by atoms with E-state index in [0.717, 1.165) is 11.1 Å². The molecule has 96 valence electrons. The third-order valence-corrected chi connectivity index (χ3v) is 3.38. The molecule has 0 bridgehead atoms. The second kappa shape index (κ2) is 4.52. The van der Waals surface area contributed by atoms with Gasteiger partial charge in [-0.1, -0.05) is 11.2 Å². The van der Waals surface area contributed by atoms with E-state index in [1.54, 1.807) is 18.5 Å². The summed E-state index contributed by atoms with van der Waals surface area (Å²) in [6.07, 6.45) is 4.99. The summed E-state index contributed by atoms with van der Waals surface area (Å²) in [5.74, 6) is 0.445. The normalized spacial score (nSPS) is 12.7. The van der Waals surface area contributed by atoms with Gasteiger partial charge in [-0.05, 0) is 23.8 Å². The summed E-state index contributed by atoms with van der Waals surface area (Å²) in [6.45, 7) is 0. The van der Waals surface area contributed by atoms with Crippen molar-refractivity contribution in [1.82, 2.24) is 19.6 Å². The molecule has 3 aromatic heterocycles. The molecule has 0 aliphatic heterocycles. The molecular formula is C12H11N5OS. The van der Waals surface area contributed by atoms with Gasteiger partial charge in [-0.3, -0.25) is 4.98 Å². The van der Waals surface area contributed by atoms with Crippen LogP contribution < -0.4 is 5.73 Å². The summed E-state index contributed by atoms with van der Waals surface area (Å²) < 4.78 is 12.9. The number of nitrogens with zero attached hydrogens (tertiary/aromatic N) is 4. The Balaban J connectivity index is 2.19. The minimum Gasteiger partial charge on any atom is -0.609 e. The van der Waals surface area contributed by atoms with Crippen LogP contribution in [0.5, 0.6) is 0 Å². The Hall–Kier alpha value is -2.12. The monoisotopic (exact) mass is 273 g/mol. The summed E-state index contributed by atoms with van der Waals surface area (Å²) in [5.41, 5.74) is 8.37. The lowest BCUT2D eigenvalue weighted by Crippen LogP contribution is -2.02. The quantitative estimate of drug-likeness (QED) is 0.706. The zero-order chi connectivity index (χ0) is 13.4. The topological polar surface area (TPSA) is 92.2 Å². The minimum atomic E-state index is -1.23. The molecule has 1 unspecified atom stereocenters. The van der Waals surface area contributed by atoms with E-state index in [4.69, 9.17) is 5.73 Å². The maximum atomic E-state index is 11.4. The summed E-state index contributed by atoms with van der Waals surface area (Å²) in [7, 11) is 0. The molecule has 6 nitrogen and oxygen atoms in total. The fraction of sp³-hybridized carbons (Fsp3) is 0.0833. The average molecular weight is 273 g/mol. The first-order chi connectivity index (χ1) is 9.15. The van der Waals surface area contributed by atoms with Crippen molar-refractivity contribution in [2.75, 3.05) is 12.0 Å². The Labute approximate surface area is 112 Å². The lowest BCUT2D eigenvalue weighted by atomic mass is 10.1. The Morgan fingerprint density at radius 3 is 2.84 bits per heavy atom. The molecule has 3 rings (SSSR count). The Bertz CT molecular complexity index is 726. The summed E-state index contributed by atoms with van der Waals surface area (Å²) in [6, 6.07) is 7.43. The van der Waals surface area contributed by atoms with E-state index in [1.807, 2.05) is 18.2 Å². The number of pyridine rings is 2. The van der Waals surface area contributed by atoms with Crippen LogP contribution in [0, 0.1) is 0 Å². The van der Waals surface area contributed by atoms with Gasteiger partial charge in [0, 0.05) is 29.1 Å². The third-order valence-electron chi connectivity index (χ3n) is 2.70. The molecule has 0 saturated carbocycles. The fourth-order valence-electron chi connectivity index (χ4n) is 1.81. The third kappa shape index (κ3) is 2.13. The smallest absolute Gasteiger partial charge is 0.361 e. The lowest BCUT2D eigenvalue weighted by Gasteiger charge is -2.03. The van der Waals surface area contributed by atoms with Gasteiger partial charge in [-0.2, -0.15) is 9.50 Å². The van der Waals surface area contributed by atoms with Crippen molar-refractivity contribution in [3.63, 3.8) is 0 Å². The SMILES string of the molecule is C[S+]([O-])c1nc2cc(-c3cccnc3)cc(N)n2n1. The van der Waals surface area contributed by atoms with E-state index in [9.17, 15) is 4.55 Å². The lowest BCUT2D eigenvalue weighted by molar-refractivity contribution is 0.592. The molecule has 1 atom stereocenters. The van der Waals surface area contributed by atoms with Crippen LogP contribution in [-0.2, 0) is 11.2 Å². The number of hydrogen-bond acceptors (Lipinski definition) is 5. The molecule has 0 aliphatic rings. The van der Waals surface area contributed by atoms with Crippen LogP contribution in [0.4, 0.5) is 5.82 Å². The zero-order valence-electron chi connectivity index (χ0n) is 10.1. The van der Waals surface area contributed by atoms with Gasteiger partial charge in [0.15, 0.2) is 5.65 Å². The zero-order valence-corrected chi connectivity index (χ0v) is 11.0. The van der Waals surface area contributed by atoms with Gasteiger partial charge >= 0.3 is 5.16 Å². The van der Waals surface area contributed by atoms with Crippen LogP contribution in [0.15, 0.2) is 41.8 Å². The van der Waals surface area contributed by atoms with E-state index in [1.165, 1.54) is 10.8 Å². The number of hydrogen-bond donors (Lipinski definition) is 1. The molecule has 3 heterocycles. The predicted octanol–water partition coefficient (Wildman–Crippen LogP) is 1.11.